The Morgan fingerprint density at radius 2 is 1.86 bits per heavy atom. The molecule has 2 rings (SSSR count). The molecule has 1 unspecified atom stereocenters. The maximum Gasteiger partial charge on any atom is 0.120 e. The Hall–Kier alpha value is -1.22. The molecular weight excluding hydrogens is 305 g/mol. The number of hydrogen-bond donors (Lipinski definition) is 1. The van der Waals surface area contributed by atoms with Crippen molar-refractivity contribution in [3.63, 3.8) is 0 Å². The number of methoxy groups -OCH3 is 1. The van der Waals surface area contributed by atoms with Gasteiger partial charge in [0, 0.05) is 10.0 Å². The zero-order valence-corrected chi connectivity index (χ0v) is 13.9. The van der Waals surface area contributed by atoms with Crippen molar-refractivity contribution in [2.45, 2.75) is 19.9 Å². The first-order chi connectivity index (χ1) is 10.1. The van der Waals surface area contributed by atoms with E-state index in [4.69, 9.17) is 27.9 Å². The first-order valence-electron chi connectivity index (χ1n) is 6.89. The quantitative estimate of drug-likeness (QED) is 0.835. The highest BCUT2D eigenvalue weighted by Gasteiger charge is 2.18. The molecule has 112 valence electrons. The molecular formula is C17H19Cl2NO. The van der Waals surface area contributed by atoms with Crippen molar-refractivity contribution < 1.29 is 4.74 Å². The van der Waals surface area contributed by atoms with Crippen LogP contribution in [0.15, 0.2) is 36.4 Å². The van der Waals surface area contributed by atoms with Gasteiger partial charge in [-0.3, -0.25) is 0 Å². The lowest BCUT2D eigenvalue weighted by atomic mass is 9.94. The van der Waals surface area contributed by atoms with Gasteiger partial charge in [0.25, 0.3) is 0 Å². The van der Waals surface area contributed by atoms with Crippen molar-refractivity contribution >= 4 is 23.2 Å². The molecule has 0 heterocycles. The predicted octanol–water partition coefficient (Wildman–Crippen LogP) is 5.01. The SMILES string of the molecule is CCNC(c1cc(Cl)ccc1C)c1ccc(OC)cc1Cl. The van der Waals surface area contributed by atoms with Gasteiger partial charge in [0.05, 0.1) is 13.2 Å². The third-order valence-corrected chi connectivity index (χ3v) is 4.04. The van der Waals surface area contributed by atoms with Gasteiger partial charge < -0.3 is 10.1 Å². The molecule has 1 atom stereocenters. The number of ether oxygens (including phenoxy) is 1. The highest BCUT2D eigenvalue weighted by atomic mass is 35.5. The predicted molar refractivity (Wildman–Crippen MR) is 89.7 cm³/mol. The van der Waals surface area contributed by atoms with Crippen LogP contribution in [0.3, 0.4) is 0 Å². The minimum Gasteiger partial charge on any atom is -0.497 e. The van der Waals surface area contributed by atoms with Crippen LogP contribution in [-0.4, -0.2) is 13.7 Å². The number of nitrogens with one attached hydrogen (secondary N) is 1. The van der Waals surface area contributed by atoms with Crippen LogP contribution in [-0.2, 0) is 0 Å². The van der Waals surface area contributed by atoms with Gasteiger partial charge >= 0.3 is 0 Å². The Balaban J connectivity index is 2.50. The molecule has 0 aromatic heterocycles. The van der Waals surface area contributed by atoms with E-state index in [1.807, 2.05) is 36.4 Å². The average molecular weight is 324 g/mol. The second kappa shape index (κ2) is 7.17. The topological polar surface area (TPSA) is 21.3 Å². The second-order valence-electron chi connectivity index (χ2n) is 4.88. The summed E-state index contributed by atoms with van der Waals surface area (Å²) in [6.45, 7) is 4.98. The van der Waals surface area contributed by atoms with E-state index in [1.54, 1.807) is 7.11 Å². The normalized spacial score (nSPS) is 12.2. The number of hydrogen-bond acceptors (Lipinski definition) is 2. The number of aryl methyl sites for hydroxylation is 1. The maximum atomic E-state index is 6.43. The Morgan fingerprint density at radius 3 is 2.48 bits per heavy atom. The van der Waals surface area contributed by atoms with Crippen molar-refractivity contribution in [1.29, 1.82) is 0 Å². The minimum absolute atomic E-state index is 0.00658. The summed E-state index contributed by atoms with van der Waals surface area (Å²) in [6.07, 6.45) is 0. The lowest BCUT2D eigenvalue weighted by molar-refractivity contribution is 0.414. The van der Waals surface area contributed by atoms with Gasteiger partial charge in [-0.15, -0.1) is 0 Å². The summed E-state index contributed by atoms with van der Waals surface area (Å²) in [4.78, 5) is 0. The first kappa shape index (κ1) is 16.2. The van der Waals surface area contributed by atoms with E-state index < -0.39 is 0 Å². The molecule has 1 N–H and O–H groups in total. The Morgan fingerprint density at radius 1 is 1.10 bits per heavy atom. The highest BCUT2D eigenvalue weighted by Crippen LogP contribution is 2.33. The van der Waals surface area contributed by atoms with Crippen LogP contribution in [0.5, 0.6) is 5.75 Å². The van der Waals surface area contributed by atoms with E-state index in [9.17, 15) is 0 Å². The van der Waals surface area contributed by atoms with Gasteiger partial charge in [0.1, 0.15) is 5.75 Å². The van der Waals surface area contributed by atoms with E-state index >= 15 is 0 Å². The van der Waals surface area contributed by atoms with Crippen molar-refractivity contribution in [3.8, 4) is 5.75 Å². The van der Waals surface area contributed by atoms with E-state index in [2.05, 4.69) is 19.2 Å². The van der Waals surface area contributed by atoms with E-state index in [0.29, 0.717) is 5.02 Å². The summed E-state index contributed by atoms with van der Waals surface area (Å²) in [5.41, 5.74) is 3.33. The summed E-state index contributed by atoms with van der Waals surface area (Å²) in [6, 6.07) is 11.7. The van der Waals surface area contributed by atoms with Crippen LogP contribution in [0.2, 0.25) is 10.0 Å². The number of benzene rings is 2. The maximum absolute atomic E-state index is 6.43. The lowest BCUT2D eigenvalue weighted by Gasteiger charge is -2.22. The van der Waals surface area contributed by atoms with Gasteiger partial charge in [-0.2, -0.15) is 0 Å². The number of halogens is 2. The van der Waals surface area contributed by atoms with Crippen molar-refractivity contribution in [2.75, 3.05) is 13.7 Å². The first-order valence-corrected chi connectivity index (χ1v) is 7.65. The van der Waals surface area contributed by atoms with Crippen molar-refractivity contribution in [1.82, 2.24) is 5.32 Å². The van der Waals surface area contributed by atoms with Crippen LogP contribution < -0.4 is 10.1 Å². The van der Waals surface area contributed by atoms with Gasteiger partial charge in [0.15, 0.2) is 0 Å². The summed E-state index contributed by atoms with van der Waals surface area (Å²) >= 11 is 12.6. The lowest BCUT2D eigenvalue weighted by Crippen LogP contribution is -2.23. The summed E-state index contributed by atoms with van der Waals surface area (Å²) < 4.78 is 5.21. The van der Waals surface area contributed by atoms with Gasteiger partial charge in [-0.1, -0.05) is 42.3 Å². The minimum atomic E-state index is 0.00658. The Kier molecular flexibility index (Phi) is 5.51. The second-order valence-corrected chi connectivity index (χ2v) is 5.72. The average Bonchev–Trinajstić information content (AvgIpc) is 2.48. The smallest absolute Gasteiger partial charge is 0.120 e. The fourth-order valence-corrected chi connectivity index (χ4v) is 2.84. The summed E-state index contributed by atoms with van der Waals surface area (Å²) in [5, 5.41) is 4.88. The molecule has 0 saturated heterocycles. The Labute approximate surface area is 136 Å². The molecule has 0 bridgehead atoms. The molecule has 0 saturated carbocycles. The van der Waals surface area contributed by atoms with Gasteiger partial charge in [-0.05, 0) is 54.4 Å². The zero-order valence-electron chi connectivity index (χ0n) is 12.4. The van der Waals surface area contributed by atoms with Crippen LogP contribution >= 0.6 is 23.2 Å². The van der Waals surface area contributed by atoms with E-state index in [0.717, 1.165) is 28.4 Å². The third-order valence-electron chi connectivity index (χ3n) is 3.48. The largest absolute Gasteiger partial charge is 0.497 e. The van der Waals surface area contributed by atoms with E-state index in [-0.39, 0.29) is 6.04 Å². The van der Waals surface area contributed by atoms with Gasteiger partial charge in [-0.25, -0.2) is 0 Å². The van der Waals surface area contributed by atoms with Crippen LogP contribution in [0.1, 0.15) is 29.7 Å². The summed E-state index contributed by atoms with van der Waals surface area (Å²) in [7, 11) is 1.63. The zero-order chi connectivity index (χ0) is 15.4. The molecule has 0 amide bonds. The molecule has 2 nitrogen and oxygen atoms in total. The molecule has 0 aliphatic heterocycles. The molecule has 0 radical (unpaired) electrons. The standard InChI is InChI=1S/C17H19Cl2NO/c1-4-20-17(15-9-12(18)6-5-11(15)2)14-8-7-13(21-3)10-16(14)19/h5-10,17,20H,4H2,1-3H3. The third kappa shape index (κ3) is 3.70. The molecule has 2 aromatic rings. The van der Waals surface area contributed by atoms with E-state index in [1.165, 1.54) is 5.56 Å². The summed E-state index contributed by atoms with van der Waals surface area (Å²) in [5.74, 6) is 0.752. The fourth-order valence-electron chi connectivity index (χ4n) is 2.38. The molecule has 4 heteroatoms. The highest BCUT2D eigenvalue weighted by molar-refractivity contribution is 6.31. The van der Waals surface area contributed by atoms with Crippen LogP contribution in [0.4, 0.5) is 0 Å². The Bertz CT molecular complexity index is 628. The van der Waals surface area contributed by atoms with Crippen molar-refractivity contribution in [2.24, 2.45) is 0 Å². The molecule has 0 aliphatic rings. The molecule has 0 spiro atoms. The van der Waals surface area contributed by atoms with Crippen molar-refractivity contribution in [3.05, 3.63) is 63.1 Å². The molecule has 2 aromatic carbocycles. The van der Waals surface area contributed by atoms with Crippen LogP contribution in [0, 0.1) is 6.92 Å². The number of rotatable bonds is 5. The molecule has 21 heavy (non-hydrogen) atoms. The monoisotopic (exact) mass is 323 g/mol. The van der Waals surface area contributed by atoms with Gasteiger partial charge in [0.2, 0.25) is 0 Å². The molecule has 0 fully saturated rings. The fraction of sp³-hybridized carbons (Fsp3) is 0.294. The molecule has 0 aliphatic carbocycles. The van der Waals surface area contributed by atoms with Crippen LogP contribution in [0.25, 0.3) is 0 Å².